The summed E-state index contributed by atoms with van der Waals surface area (Å²) >= 11 is 0. The fraction of sp³-hybridized carbons (Fsp3) is 0.200. The highest BCUT2D eigenvalue weighted by atomic mass is 16.5. The number of phenolic OH excluding ortho intramolecular Hbond substituents is 1. The summed E-state index contributed by atoms with van der Waals surface area (Å²) in [6.45, 7) is -0.357. The summed E-state index contributed by atoms with van der Waals surface area (Å²) in [6.07, 6.45) is 0. The number of likely N-dealkylation sites (N-methyl/N-ethyl adjacent to an activating group) is 1. The molecule has 0 aromatic heterocycles. The zero-order chi connectivity index (χ0) is 11.3. The first-order chi connectivity index (χ1) is 7.15. The van der Waals surface area contributed by atoms with Crippen molar-refractivity contribution in [3.05, 3.63) is 29.8 Å². The normalized spacial score (nSPS) is 9.40. The Morgan fingerprint density at radius 1 is 1.40 bits per heavy atom. The van der Waals surface area contributed by atoms with Gasteiger partial charge in [-0.15, -0.1) is 0 Å². The summed E-state index contributed by atoms with van der Waals surface area (Å²) in [5.41, 5.74) is 0.0430. The fourth-order valence-electron chi connectivity index (χ4n) is 0.927. The molecule has 0 saturated heterocycles. The number of phenols is 1. The maximum atomic E-state index is 11.3. The van der Waals surface area contributed by atoms with Gasteiger partial charge in [-0.05, 0) is 12.1 Å². The second kappa shape index (κ2) is 4.99. The van der Waals surface area contributed by atoms with Crippen molar-refractivity contribution in [2.75, 3.05) is 13.7 Å². The summed E-state index contributed by atoms with van der Waals surface area (Å²) < 4.78 is 4.65. The maximum Gasteiger partial charge on any atom is 0.342 e. The zero-order valence-corrected chi connectivity index (χ0v) is 8.19. The van der Waals surface area contributed by atoms with Gasteiger partial charge in [0.1, 0.15) is 11.3 Å². The molecule has 5 heteroatoms. The molecule has 0 bridgehead atoms. The molecule has 0 aliphatic heterocycles. The van der Waals surface area contributed by atoms with Crippen LogP contribution in [0.2, 0.25) is 0 Å². The predicted molar refractivity (Wildman–Crippen MR) is 52.5 cm³/mol. The van der Waals surface area contributed by atoms with Gasteiger partial charge >= 0.3 is 5.97 Å². The second-order valence-corrected chi connectivity index (χ2v) is 2.77. The average molecular weight is 209 g/mol. The molecule has 15 heavy (non-hydrogen) atoms. The van der Waals surface area contributed by atoms with E-state index in [2.05, 4.69) is 10.1 Å². The van der Waals surface area contributed by atoms with Gasteiger partial charge < -0.3 is 15.2 Å². The number of amides is 1. The lowest BCUT2D eigenvalue weighted by atomic mass is 10.2. The summed E-state index contributed by atoms with van der Waals surface area (Å²) in [4.78, 5) is 22.1. The van der Waals surface area contributed by atoms with Crippen molar-refractivity contribution in [2.45, 2.75) is 0 Å². The fourth-order valence-corrected chi connectivity index (χ4v) is 0.927. The molecule has 1 amide bonds. The van der Waals surface area contributed by atoms with E-state index < -0.39 is 11.9 Å². The quantitative estimate of drug-likeness (QED) is 0.702. The van der Waals surface area contributed by atoms with E-state index in [0.29, 0.717) is 0 Å². The molecule has 0 aliphatic rings. The van der Waals surface area contributed by atoms with Crippen LogP contribution in [0, 0.1) is 0 Å². The van der Waals surface area contributed by atoms with Crippen molar-refractivity contribution in [1.82, 2.24) is 5.32 Å². The average Bonchev–Trinajstić information content (AvgIpc) is 2.26. The number of hydrogen-bond donors (Lipinski definition) is 2. The molecule has 0 fully saturated rings. The highest BCUT2D eigenvalue weighted by Crippen LogP contribution is 2.16. The first-order valence-corrected chi connectivity index (χ1v) is 4.31. The van der Waals surface area contributed by atoms with Crippen LogP contribution in [-0.4, -0.2) is 30.6 Å². The third-order valence-corrected chi connectivity index (χ3v) is 1.74. The Morgan fingerprint density at radius 3 is 2.67 bits per heavy atom. The molecular weight excluding hydrogens is 198 g/mol. The summed E-state index contributed by atoms with van der Waals surface area (Å²) in [7, 11) is 1.44. The molecule has 2 N–H and O–H groups in total. The Kier molecular flexibility index (Phi) is 3.68. The standard InChI is InChI=1S/C10H11NO4/c1-11-9(13)6-15-10(14)7-4-2-3-5-8(7)12/h2-5,12H,6H2,1H3,(H,11,13). The van der Waals surface area contributed by atoms with Gasteiger partial charge in [0.05, 0.1) is 0 Å². The molecule has 0 spiro atoms. The lowest BCUT2D eigenvalue weighted by Gasteiger charge is -2.04. The first kappa shape index (κ1) is 11.0. The SMILES string of the molecule is CNC(=O)COC(=O)c1ccccc1O. The van der Waals surface area contributed by atoms with Crippen molar-refractivity contribution in [3.8, 4) is 5.75 Å². The number of para-hydroxylation sites is 1. The van der Waals surface area contributed by atoms with Gasteiger partial charge in [-0.2, -0.15) is 0 Å². The molecule has 0 unspecified atom stereocenters. The molecule has 0 radical (unpaired) electrons. The minimum atomic E-state index is -0.725. The topological polar surface area (TPSA) is 75.6 Å². The maximum absolute atomic E-state index is 11.3. The Hall–Kier alpha value is -2.04. The van der Waals surface area contributed by atoms with E-state index in [9.17, 15) is 14.7 Å². The van der Waals surface area contributed by atoms with Crippen LogP contribution in [-0.2, 0) is 9.53 Å². The Bertz CT molecular complexity index is 375. The van der Waals surface area contributed by atoms with Crippen LogP contribution >= 0.6 is 0 Å². The van der Waals surface area contributed by atoms with Gasteiger partial charge in [0, 0.05) is 7.05 Å². The van der Waals surface area contributed by atoms with E-state index in [-0.39, 0.29) is 17.9 Å². The minimum Gasteiger partial charge on any atom is -0.507 e. The molecule has 1 aromatic rings. The highest BCUT2D eigenvalue weighted by molar-refractivity contribution is 5.93. The van der Waals surface area contributed by atoms with Gasteiger partial charge in [-0.3, -0.25) is 4.79 Å². The summed E-state index contributed by atoms with van der Waals surface area (Å²) in [5, 5.41) is 11.6. The zero-order valence-electron chi connectivity index (χ0n) is 8.19. The highest BCUT2D eigenvalue weighted by Gasteiger charge is 2.12. The monoisotopic (exact) mass is 209 g/mol. The predicted octanol–water partition coefficient (Wildman–Crippen LogP) is 0.295. The molecule has 0 heterocycles. The number of carbonyl (C=O) groups excluding carboxylic acids is 2. The van der Waals surface area contributed by atoms with Gasteiger partial charge in [0.15, 0.2) is 6.61 Å². The number of carbonyl (C=O) groups is 2. The lowest BCUT2D eigenvalue weighted by Crippen LogP contribution is -2.25. The summed E-state index contributed by atoms with van der Waals surface area (Å²) in [5.74, 6) is -1.30. The van der Waals surface area contributed by atoms with Crippen LogP contribution < -0.4 is 5.32 Å². The third kappa shape index (κ3) is 2.98. The van der Waals surface area contributed by atoms with E-state index in [1.165, 1.54) is 19.2 Å². The number of aromatic hydroxyl groups is 1. The lowest BCUT2D eigenvalue weighted by molar-refractivity contribution is -0.123. The number of esters is 1. The van der Waals surface area contributed by atoms with Crippen LogP contribution in [0.25, 0.3) is 0 Å². The largest absolute Gasteiger partial charge is 0.507 e. The van der Waals surface area contributed by atoms with Crippen molar-refractivity contribution in [2.24, 2.45) is 0 Å². The van der Waals surface area contributed by atoms with Crippen molar-refractivity contribution in [1.29, 1.82) is 0 Å². The molecule has 80 valence electrons. The number of benzene rings is 1. The van der Waals surface area contributed by atoms with E-state index in [1.54, 1.807) is 12.1 Å². The van der Waals surface area contributed by atoms with E-state index >= 15 is 0 Å². The number of ether oxygens (including phenoxy) is 1. The molecular formula is C10H11NO4. The van der Waals surface area contributed by atoms with Gasteiger partial charge in [-0.25, -0.2) is 4.79 Å². The number of hydrogen-bond acceptors (Lipinski definition) is 4. The summed E-state index contributed by atoms with van der Waals surface area (Å²) in [6, 6.07) is 5.97. The van der Waals surface area contributed by atoms with Crippen molar-refractivity contribution >= 4 is 11.9 Å². The molecule has 0 atom stereocenters. The Balaban J connectivity index is 2.62. The van der Waals surface area contributed by atoms with E-state index in [1.807, 2.05) is 0 Å². The van der Waals surface area contributed by atoms with Gasteiger partial charge in [0.2, 0.25) is 0 Å². The molecule has 0 aliphatic carbocycles. The smallest absolute Gasteiger partial charge is 0.342 e. The molecule has 5 nitrogen and oxygen atoms in total. The van der Waals surface area contributed by atoms with Gasteiger partial charge in [-0.1, -0.05) is 12.1 Å². The second-order valence-electron chi connectivity index (χ2n) is 2.77. The van der Waals surface area contributed by atoms with Crippen LogP contribution in [0.15, 0.2) is 24.3 Å². The van der Waals surface area contributed by atoms with Crippen LogP contribution in [0.1, 0.15) is 10.4 Å². The van der Waals surface area contributed by atoms with Crippen molar-refractivity contribution in [3.63, 3.8) is 0 Å². The van der Waals surface area contributed by atoms with Gasteiger partial charge in [0.25, 0.3) is 5.91 Å². The Morgan fingerprint density at radius 2 is 2.07 bits per heavy atom. The van der Waals surface area contributed by atoms with E-state index in [4.69, 9.17) is 0 Å². The minimum absolute atomic E-state index is 0.0430. The van der Waals surface area contributed by atoms with Crippen LogP contribution in [0.5, 0.6) is 5.75 Å². The molecule has 0 saturated carbocycles. The third-order valence-electron chi connectivity index (χ3n) is 1.74. The van der Waals surface area contributed by atoms with E-state index in [0.717, 1.165) is 0 Å². The molecule has 1 aromatic carbocycles. The first-order valence-electron chi connectivity index (χ1n) is 4.31. The van der Waals surface area contributed by atoms with Crippen LogP contribution in [0.3, 0.4) is 0 Å². The number of rotatable bonds is 3. The Labute approximate surface area is 86.7 Å². The molecule has 1 rings (SSSR count). The van der Waals surface area contributed by atoms with Crippen molar-refractivity contribution < 1.29 is 19.4 Å². The number of nitrogens with one attached hydrogen (secondary N) is 1. The van der Waals surface area contributed by atoms with Crippen LogP contribution in [0.4, 0.5) is 0 Å².